The molecular weight excluding hydrogens is 380 g/mol. The van der Waals surface area contributed by atoms with E-state index in [0.717, 1.165) is 11.9 Å². The fourth-order valence-electron chi connectivity index (χ4n) is 3.69. The maximum atomic E-state index is 12.9. The molecule has 2 aromatic rings. The van der Waals surface area contributed by atoms with E-state index < -0.39 is 12.1 Å². The number of amides is 2. The van der Waals surface area contributed by atoms with E-state index in [0.29, 0.717) is 17.9 Å². The van der Waals surface area contributed by atoms with E-state index in [4.69, 9.17) is 0 Å². The Hall–Kier alpha value is -2.54. The first-order valence-electron chi connectivity index (χ1n) is 10.7. The molecule has 0 spiro atoms. The summed E-state index contributed by atoms with van der Waals surface area (Å²) in [4.78, 5) is 33.8. The third kappa shape index (κ3) is 6.23. The monoisotopic (exact) mass is 414 g/mol. The SMILES string of the molecule is CC[C@H](C)[C@H](NC(=O)c1cnc2ccccc2n1)[C@@H](O)C[C@@H](CC(C)C)C(=O)NC. The van der Waals surface area contributed by atoms with Gasteiger partial charge in [-0.25, -0.2) is 4.98 Å². The molecule has 4 atom stereocenters. The summed E-state index contributed by atoms with van der Waals surface area (Å²) in [7, 11) is 1.61. The number of nitrogens with one attached hydrogen (secondary N) is 2. The molecule has 7 nitrogen and oxygen atoms in total. The van der Waals surface area contributed by atoms with Gasteiger partial charge in [0.05, 0.1) is 29.4 Å². The number of benzene rings is 1. The Bertz CT molecular complexity index is 855. The molecule has 7 heteroatoms. The molecule has 0 aliphatic heterocycles. The molecule has 0 aliphatic carbocycles. The molecule has 0 saturated heterocycles. The largest absolute Gasteiger partial charge is 0.391 e. The van der Waals surface area contributed by atoms with Crippen LogP contribution in [-0.2, 0) is 4.79 Å². The van der Waals surface area contributed by atoms with Gasteiger partial charge in [-0.3, -0.25) is 14.6 Å². The number of nitrogens with zero attached hydrogens (tertiary/aromatic N) is 2. The lowest BCUT2D eigenvalue weighted by Crippen LogP contribution is -2.49. The van der Waals surface area contributed by atoms with Crippen LogP contribution in [0.2, 0.25) is 0 Å². The lowest BCUT2D eigenvalue weighted by Gasteiger charge is -2.31. The second-order valence-electron chi connectivity index (χ2n) is 8.37. The Labute approximate surface area is 178 Å². The van der Waals surface area contributed by atoms with Crippen molar-refractivity contribution in [3.63, 3.8) is 0 Å². The highest BCUT2D eigenvalue weighted by molar-refractivity contribution is 5.94. The number of hydrogen-bond acceptors (Lipinski definition) is 5. The average Bonchev–Trinajstić information content (AvgIpc) is 2.74. The van der Waals surface area contributed by atoms with Gasteiger partial charge in [0, 0.05) is 13.0 Å². The van der Waals surface area contributed by atoms with E-state index in [1.54, 1.807) is 13.1 Å². The molecule has 0 aliphatic rings. The van der Waals surface area contributed by atoms with Gasteiger partial charge in [0.15, 0.2) is 0 Å². The highest BCUT2D eigenvalue weighted by atomic mass is 16.3. The number of aliphatic hydroxyl groups is 1. The molecule has 0 bridgehead atoms. The summed E-state index contributed by atoms with van der Waals surface area (Å²) in [6.45, 7) is 8.09. The Morgan fingerprint density at radius 3 is 2.37 bits per heavy atom. The van der Waals surface area contributed by atoms with Gasteiger partial charge in [0.25, 0.3) is 5.91 Å². The number of rotatable bonds is 10. The molecular formula is C23H34N4O3. The topological polar surface area (TPSA) is 104 Å². The second-order valence-corrected chi connectivity index (χ2v) is 8.37. The third-order valence-electron chi connectivity index (χ3n) is 5.55. The molecule has 3 N–H and O–H groups in total. The molecule has 164 valence electrons. The van der Waals surface area contributed by atoms with Crippen LogP contribution in [0.1, 0.15) is 57.4 Å². The highest BCUT2D eigenvalue weighted by Gasteiger charge is 2.31. The number of aromatic nitrogens is 2. The first kappa shape index (κ1) is 23.7. The molecule has 1 aromatic heterocycles. The summed E-state index contributed by atoms with van der Waals surface area (Å²) < 4.78 is 0. The molecule has 0 fully saturated rings. The molecule has 1 aromatic carbocycles. The fourth-order valence-corrected chi connectivity index (χ4v) is 3.69. The van der Waals surface area contributed by atoms with Crippen molar-refractivity contribution in [1.82, 2.24) is 20.6 Å². The molecule has 0 saturated carbocycles. The number of para-hydroxylation sites is 2. The molecule has 2 rings (SSSR count). The first-order valence-corrected chi connectivity index (χ1v) is 10.7. The standard InChI is InChI=1S/C23H34N4O3/c1-6-15(4)21(20(28)12-16(11-14(2)3)22(29)24-5)27-23(30)19-13-25-17-9-7-8-10-18(17)26-19/h7-10,13-16,20-21,28H,6,11-12H2,1-5H3,(H,24,29)(H,27,30)/t15-,16+,20-,21-/m0/s1. The zero-order chi connectivity index (χ0) is 22.3. The van der Waals surface area contributed by atoms with Crippen molar-refractivity contribution < 1.29 is 14.7 Å². The zero-order valence-electron chi connectivity index (χ0n) is 18.6. The number of carbonyl (C=O) groups is 2. The van der Waals surface area contributed by atoms with Crippen LogP contribution in [0.3, 0.4) is 0 Å². The van der Waals surface area contributed by atoms with E-state index in [2.05, 4.69) is 34.4 Å². The Morgan fingerprint density at radius 2 is 1.77 bits per heavy atom. The van der Waals surface area contributed by atoms with Crippen LogP contribution in [0.15, 0.2) is 30.5 Å². The Morgan fingerprint density at radius 1 is 1.10 bits per heavy atom. The van der Waals surface area contributed by atoms with E-state index >= 15 is 0 Å². The lowest BCUT2D eigenvalue weighted by molar-refractivity contribution is -0.126. The number of aliphatic hydroxyl groups excluding tert-OH is 1. The van der Waals surface area contributed by atoms with Gasteiger partial charge in [-0.05, 0) is 36.8 Å². The van der Waals surface area contributed by atoms with Crippen molar-refractivity contribution in [3.05, 3.63) is 36.2 Å². The van der Waals surface area contributed by atoms with Gasteiger partial charge >= 0.3 is 0 Å². The van der Waals surface area contributed by atoms with Gasteiger partial charge in [-0.1, -0.05) is 46.2 Å². The molecule has 30 heavy (non-hydrogen) atoms. The van der Waals surface area contributed by atoms with Crippen LogP contribution in [0.25, 0.3) is 11.0 Å². The van der Waals surface area contributed by atoms with Crippen LogP contribution < -0.4 is 10.6 Å². The van der Waals surface area contributed by atoms with Crippen molar-refractivity contribution >= 4 is 22.8 Å². The first-order chi connectivity index (χ1) is 14.3. The summed E-state index contributed by atoms with van der Waals surface area (Å²) in [6, 6.07) is 6.86. The molecule has 0 radical (unpaired) electrons. The maximum absolute atomic E-state index is 12.9. The van der Waals surface area contributed by atoms with E-state index in [1.165, 1.54) is 6.20 Å². The Balaban J connectivity index is 2.18. The summed E-state index contributed by atoms with van der Waals surface area (Å²) >= 11 is 0. The van der Waals surface area contributed by atoms with E-state index in [1.807, 2.05) is 32.0 Å². The van der Waals surface area contributed by atoms with Crippen LogP contribution in [-0.4, -0.2) is 46.1 Å². The molecule has 2 amide bonds. The van der Waals surface area contributed by atoms with Gasteiger partial charge in [0.1, 0.15) is 5.69 Å². The van der Waals surface area contributed by atoms with Gasteiger partial charge in [-0.15, -0.1) is 0 Å². The third-order valence-corrected chi connectivity index (χ3v) is 5.55. The fraction of sp³-hybridized carbons (Fsp3) is 0.565. The van der Waals surface area contributed by atoms with Crippen molar-refractivity contribution in [2.45, 2.75) is 59.1 Å². The van der Waals surface area contributed by atoms with E-state index in [-0.39, 0.29) is 35.8 Å². The van der Waals surface area contributed by atoms with Crippen molar-refractivity contribution in [2.75, 3.05) is 7.05 Å². The maximum Gasteiger partial charge on any atom is 0.271 e. The van der Waals surface area contributed by atoms with Crippen LogP contribution >= 0.6 is 0 Å². The predicted octanol–water partition coefficient (Wildman–Crippen LogP) is 2.93. The van der Waals surface area contributed by atoms with Crippen LogP contribution in [0.5, 0.6) is 0 Å². The minimum Gasteiger partial charge on any atom is -0.391 e. The van der Waals surface area contributed by atoms with Gasteiger partial charge < -0.3 is 15.7 Å². The summed E-state index contributed by atoms with van der Waals surface area (Å²) in [6.07, 6.45) is 2.34. The summed E-state index contributed by atoms with van der Waals surface area (Å²) in [5.74, 6) is -0.421. The minimum absolute atomic E-state index is 0.0294. The number of carbonyl (C=O) groups excluding carboxylic acids is 2. The van der Waals surface area contributed by atoms with Crippen molar-refractivity contribution in [3.8, 4) is 0 Å². The normalized spacial score (nSPS) is 15.4. The second kappa shape index (κ2) is 11.0. The smallest absolute Gasteiger partial charge is 0.271 e. The summed E-state index contributed by atoms with van der Waals surface area (Å²) in [5, 5.41) is 16.6. The lowest BCUT2D eigenvalue weighted by atomic mass is 9.85. The molecule has 1 heterocycles. The average molecular weight is 415 g/mol. The number of hydrogen-bond donors (Lipinski definition) is 3. The predicted molar refractivity (Wildman–Crippen MR) is 118 cm³/mol. The van der Waals surface area contributed by atoms with Gasteiger partial charge in [0.2, 0.25) is 5.91 Å². The van der Waals surface area contributed by atoms with Crippen LogP contribution in [0, 0.1) is 17.8 Å². The molecule has 0 unspecified atom stereocenters. The highest BCUT2D eigenvalue weighted by Crippen LogP contribution is 2.23. The van der Waals surface area contributed by atoms with Crippen LogP contribution in [0.4, 0.5) is 0 Å². The quantitative estimate of drug-likeness (QED) is 0.554. The summed E-state index contributed by atoms with van der Waals surface area (Å²) in [5.41, 5.74) is 1.57. The zero-order valence-corrected chi connectivity index (χ0v) is 18.6. The van der Waals surface area contributed by atoms with Crippen molar-refractivity contribution in [2.24, 2.45) is 17.8 Å². The number of fused-ring (bicyclic) bond motifs is 1. The van der Waals surface area contributed by atoms with E-state index in [9.17, 15) is 14.7 Å². The Kier molecular flexibility index (Phi) is 8.72. The van der Waals surface area contributed by atoms with Gasteiger partial charge in [-0.2, -0.15) is 0 Å². The van der Waals surface area contributed by atoms with Crippen molar-refractivity contribution in [1.29, 1.82) is 0 Å². The minimum atomic E-state index is -0.849.